The summed E-state index contributed by atoms with van der Waals surface area (Å²) in [7, 11) is -3.59. The van der Waals surface area contributed by atoms with Crippen molar-refractivity contribution < 1.29 is 17.9 Å². The molecule has 4 rings (SSSR count). The molecule has 0 unspecified atom stereocenters. The molecule has 2 aliphatic rings. The van der Waals surface area contributed by atoms with Gasteiger partial charge in [-0.1, -0.05) is 0 Å². The van der Waals surface area contributed by atoms with E-state index >= 15 is 0 Å². The predicted octanol–water partition coefficient (Wildman–Crippen LogP) is 0.782. The van der Waals surface area contributed by atoms with Crippen LogP contribution in [-0.4, -0.2) is 54.7 Å². The van der Waals surface area contributed by atoms with E-state index in [9.17, 15) is 18.0 Å². The SMILES string of the molecule is O=C(Cn1nc2c(cc1=O)CCCC2)Nc1ccc(S(=O)(=O)N2CCOCC2)cc1. The Balaban J connectivity index is 1.42. The topological polar surface area (TPSA) is 111 Å². The molecule has 160 valence electrons. The van der Waals surface area contributed by atoms with Crippen molar-refractivity contribution >= 4 is 21.6 Å². The number of ether oxygens (including phenoxy) is 1. The van der Waals surface area contributed by atoms with Crippen LogP contribution in [0.15, 0.2) is 40.0 Å². The summed E-state index contributed by atoms with van der Waals surface area (Å²) in [6.45, 7) is 1.21. The number of morpholine rings is 1. The van der Waals surface area contributed by atoms with Crippen LogP contribution < -0.4 is 10.9 Å². The van der Waals surface area contributed by atoms with Gasteiger partial charge in [0.25, 0.3) is 5.56 Å². The second kappa shape index (κ2) is 8.66. The lowest BCUT2D eigenvalue weighted by Crippen LogP contribution is -2.40. The molecule has 2 aromatic rings. The van der Waals surface area contributed by atoms with Crippen LogP contribution in [0.5, 0.6) is 0 Å². The summed E-state index contributed by atoms with van der Waals surface area (Å²) in [5.74, 6) is -0.399. The minimum atomic E-state index is -3.59. The van der Waals surface area contributed by atoms with Gasteiger partial charge in [0.2, 0.25) is 15.9 Å². The number of anilines is 1. The predicted molar refractivity (Wildman–Crippen MR) is 110 cm³/mol. The highest BCUT2D eigenvalue weighted by Crippen LogP contribution is 2.20. The average Bonchev–Trinajstić information content (AvgIpc) is 2.75. The fraction of sp³-hybridized carbons (Fsp3) is 0.450. The molecule has 1 amide bonds. The number of amides is 1. The highest BCUT2D eigenvalue weighted by atomic mass is 32.2. The molecule has 30 heavy (non-hydrogen) atoms. The van der Waals surface area contributed by atoms with Gasteiger partial charge in [0, 0.05) is 24.8 Å². The Morgan fingerprint density at radius 2 is 1.80 bits per heavy atom. The van der Waals surface area contributed by atoms with Crippen molar-refractivity contribution in [2.24, 2.45) is 0 Å². The first kappa shape index (κ1) is 20.7. The third-order valence-corrected chi connectivity index (χ3v) is 7.23. The minimum Gasteiger partial charge on any atom is -0.379 e. The van der Waals surface area contributed by atoms with Crippen molar-refractivity contribution in [3.8, 4) is 0 Å². The van der Waals surface area contributed by atoms with Crippen LogP contribution in [0.25, 0.3) is 0 Å². The zero-order chi connectivity index (χ0) is 21.1. The highest BCUT2D eigenvalue weighted by Gasteiger charge is 2.26. The molecule has 1 aliphatic carbocycles. The number of nitrogens with one attached hydrogen (secondary N) is 1. The first-order valence-corrected chi connectivity index (χ1v) is 11.5. The molecule has 1 aromatic carbocycles. The van der Waals surface area contributed by atoms with Crippen molar-refractivity contribution in [1.82, 2.24) is 14.1 Å². The van der Waals surface area contributed by atoms with Crippen molar-refractivity contribution in [3.63, 3.8) is 0 Å². The van der Waals surface area contributed by atoms with E-state index in [0.717, 1.165) is 36.9 Å². The summed E-state index contributed by atoms with van der Waals surface area (Å²) < 4.78 is 33.1. The largest absolute Gasteiger partial charge is 0.379 e. The van der Waals surface area contributed by atoms with Crippen LogP contribution in [-0.2, 0) is 38.9 Å². The van der Waals surface area contributed by atoms with Crippen molar-refractivity contribution in [2.75, 3.05) is 31.6 Å². The summed E-state index contributed by atoms with van der Waals surface area (Å²) in [6.07, 6.45) is 3.75. The lowest BCUT2D eigenvalue weighted by atomic mass is 9.97. The number of sulfonamides is 1. The second-order valence-electron chi connectivity index (χ2n) is 7.41. The number of carbonyl (C=O) groups is 1. The quantitative estimate of drug-likeness (QED) is 0.748. The van der Waals surface area contributed by atoms with Crippen LogP contribution in [0.2, 0.25) is 0 Å². The highest BCUT2D eigenvalue weighted by molar-refractivity contribution is 7.89. The van der Waals surface area contributed by atoms with Gasteiger partial charge in [-0.3, -0.25) is 9.59 Å². The lowest BCUT2D eigenvalue weighted by molar-refractivity contribution is -0.117. The molecule has 1 aliphatic heterocycles. The Labute approximate surface area is 174 Å². The lowest BCUT2D eigenvalue weighted by Gasteiger charge is -2.26. The molecule has 10 heteroatoms. The van der Waals surface area contributed by atoms with Gasteiger partial charge in [-0.2, -0.15) is 9.40 Å². The molecule has 9 nitrogen and oxygen atoms in total. The molecule has 0 radical (unpaired) electrons. The van der Waals surface area contributed by atoms with Crippen LogP contribution in [0.1, 0.15) is 24.1 Å². The molecular formula is C20H24N4O5S. The monoisotopic (exact) mass is 432 g/mol. The van der Waals surface area contributed by atoms with Crippen LogP contribution >= 0.6 is 0 Å². The Morgan fingerprint density at radius 3 is 2.53 bits per heavy atom. The number of nitrogens with zero attached hydrogens (tertiary/aromatic N) is 3. The number of rotatable bonds is 5. The molecule has 1 saturated heterocycles. The van der Waals surface area contributed by atoms with Gasteiger partial charge < -0.3 is 10.1 Å². The normalized spacial score (nSPS) is 17.3. The molecular weight excluding hydrogens is 408 g/mol. The maximum absolute atomic E-state index is 12.7. The van der Waals surface area contributed by atoms with E-state index < -0.39 is 15.9 Å². The van der Waals surface area contributed by atoms with Crippen LogP contribution in [0.4, 0.5) is 5.69 Å². The van der Waals surface area contributed by atoms with Gasteiger partial charge in [-0.25, -0.2) is 13.1 Å². The summed E-state index contributed by atoms with van der Waals surface area (Å²) in [5, 5.41) is 7.03. The van der Waals surface area contributed by atoms with E-state index in [-0.39, 0.29) is 17.0 Å². The fourth-order valence-electron chi connectivity index (χ4n) is 3.70. The van der Waals surface area contributed by atoms with E-state index in [1.54, 1.807) is 6.07 Å². The van der Waals surface area contributed by atoms with Gasteiger partial charge in [-0.05, 0) is 55.5 Å². The average molecular weight is 433 g/mol. The second-order valence-corrected chi connectivity index (χ2v) is 9.35. The van der Waals surface area contributed by atoms with E-state index in [1.807, 2.05) is 0 Å². The van der Waals surface area contributed by atoms with Crippen molar-refractivity contribution in [2.45, 2.75) is 37.1 Å². The number of hydrogen-bond donors (Lipinski definition) is 1. The number of hydrogen-bond acceptors (Lipinski definition) is 6. The molecule has 0 spiro atoms. The Kier molecular flexibility index (Phi) is 5.98. The maximum Gasteiger partial charge on any atom is 0.267 e. The smallest absolute Gasteiger partial charge is 0.267 e. The molecule has 1 fully saturated rings. The number of aromatic nitrogens is 2. The Bertz CT molecular complexity index is 1090. The van der Waals surface area contributed by atoms with Gasteiger partial charge >= 0.3 is 0 Å². The summed E-state index contributed by atoms with van der Waals surface area (Å²) in [4.78, 5) is 24.8. The van der Waals surface area contributed by atoms with E-state index in [2.05, 4.69) is 10.4 Å². The van der Waals surface area contributed by atoms with Gasteiger partial charge in [0.05, 0.1) is 23.8 Å². The standard InChI is InChI=1S/C20H24N4O5S/c25-19(14-24-20(26)13-15-3-1-2-4-18(15)22-24)21-16-5-7-17(8-6-16)30(27,28)23-9-11-29-12-10-23/h5-8,13H,1-4,9-12,14H2,(H,21,25). The number of carbonyl (C=O) groups excluding carboxylic acids is 1. The van der Waals surface area contributed by atoms with Gasteiger partial charge in [0.15, 0.2) is 0 Å². The molecule has 0 saturated carbocycles. The third kappa shape index (κ3) is 4.45. The summed E-state index contributed by atoms with van der Waals surface area (Å²) >= 11 is 0. The Morgan fingerprint density at radius 1 is 1.10 bits per heavy atom. The Hall–Kier alpha value is -2.56. The van der Waals surface area contributed by atoms with E-state index in [4.69, 9.17) is 4.74 Å². The van der Waals surface area contributed by atoms with Gasteiger partial charge in [-0.15, -0.1) is 0 Å². The number of aryl methyl sites for hydroxylation is 2. The molecule has 2 heterocycles. The van der Waals surface area contributed by atoms with E-state index in [0.29, 0.717) is 32.0 Å². The third-order valence-electron chi connectivity index (χ3n) is 5.31. The molecule has 0 atom stereocenters. The summed E-state index contributed by atoms with van der Waals surface area (Å²) in [6, 6.07) is 7.57. The van der Waals surface area contributed by atoms with Gasteiger partial charge in [0.1, 0.15) is 6.54 Å². The minimum absolute atomic E-state index is 0.162. The first-order chi connectivity index (χ1) is 14.4. The van der Waals surface area contributed by atoms with Crippen LogP contribution in [0, 0.1) is 0 Å². The zero-order valence-electron chi connectivity index (χ0n) is 16.5. The first-order valence-electron chi connectivity index (χ1n) is 10.0. The molecule has 1 N–H and O–H groups in total. The number of benzene rings is 1. The van der Waals surface area contributed by atoms with E-state index in [1.165, 1.54) is 33.3 Å². The molecule has 0 bridgehead atoms. The number of fused-ring (bicyclic) bond motifs is 1. The van der Waals surface area contributed by atoms with Crippen LogP contribution in [0.3, 0.4) is 0 Å². The fourth-order valence-corrected chi connectivity index (χ4v) is 5.11. The summed E-state index contributed by atoms with van der Waals surface area (Å²) in [5.41, 5.74) is 2.01. The van der Waals surface area contributed by atoms with Crippen molar-refractivity contribution in [3.05, 3.63) is 51.9 Å². The van der Waals surface area contributed by atoms with Crippen molar-refractivity contribution in [1.29, 1.82) is 0 Å². The maximum atomic E-state index is 12.7. The zero-order valence-corrected chi connectivity index (χ0v) is 17.4. The molecule has 1 aromatic heterocycles.